The first-order valence-corrected chi connectivity index (χ1v) is 37.7. The summed E-state index contributed by atoms with van der Waals surface area (Å²) >= 11 is 6.22. The summed E-state index contributed by atoms with van der Waals surface area (Å²) in [4.78, 5) is 60.5. The summed E-state index contributed by atoms with van der Waals surface area (Å²) in [5.41, 5.74) is 7.96. The van der Waals surface area contributed by atoms with Gasteiger partial charge in [0.05, 0.1) is 101 Å². The molecule has 0 saturated carbocycles. The van der Waals surface area contributed by atoms with Gasteiger partial charge in [0.25, 0.3) is 0 Å². The summed E-state index contributed by atoms with van der Waals surface area (Å²) in [6, 6.07) is 56.4. The van der Waals surface area contributed by atoms with Crippen LogP contribution >= 0.6 is 45.3 Å². The molecule has 10 heterocycles. The van der Waals surface area contributed by atoms with Crippen LogP contribution in [0.5, 0.6) is 0 Å². The molecule has 0 bridgehead atoms. The summed E-state index contributed by atoms with van der Waals surface area (Å²) in [5.74, 6) is 0.860. The number of aliphatic imine (C=N–C) groups is 1. The van der Waals surface area contributed by atoms with Gasteiger partial charge in [0, 0.05) is 82.9 Å². The Morgan fingerprint density at radius 3 is 1.53 bits per heavy atom. The number of aryl methyl sites for hydroxylation is 1. The van der Waals surface area contributed by atoms with Gasteiger partial charge in [-0.3, -0.25) is 9.89 Å². The van der Waals surface area contributed by atoms with E-state index in [2.05, 4.69) is 125 Å². The van der Waals surface area contributed by atoms with Crippen molar-refractivity contribution in [1.82, 2.24) is 74.5 Å². The molecule has 4 atom stereocenters. The number of hydrogen-bond donors (Lipinski definition) is 4. The Labute approximate surface area is 624 Å². The van der Waals surface area contributed by atoms with Crippen LogP contribution in [0.25, 0.3) is 40.9 Å². The number of nitrogens with one attached hydrogen (secondary N) is 4. The molecule has 1 fully saturated rings. The van der Waals surface area contributed by atoms with Crippen LogP contribution in [0.1, 0.15) is 93.2 Å². The number of fused-ring (bicyclic) bond motifs is 4. The molecule has 0 radical (unpaired) electrons. The number of likely N-dealkylation sites (tertiary alicyclic amines) is 1. The Balaban J connectivity index is 0.000000132. The topological polar surface area (TPSA) is 312 Å². The van der Waals surface area contributed by atoms with Crippen LogP contribution in [0, 0.1) is 45.3 Å². The fourth-order valence-corrected chi connectivity index (χ4v) is 15.6. The number of nitriles is 4. The molecule has 8 aromatic heterocycles. The van der Waals surface area contributed by atoms with Crippen molar-refractivity contribution in [2.24, 2.45) is 12.0 Å². The summed E-state index contributed by atoms with van der Waals surface area (Å²) in [6.07, 6.45) is 18.7. The molecule has 2 aliphatic heterocycles. The van der Waals surface area contributed by atoms with Crippen LogP contribution in [0.2, 0.25) is 0 Å². The van der Waals surface area contributed by atoms with Gasteiger partial charge in [0.15, 0.2) is 5.13 Å². The van der Waals surface area contributed by atoms with Gasteiger partial charge in [-0.2, -0.15) is 21.0 Å². The number of hydrogen-bond acceptors (Lipinski definition) is 25. The Hall–Kier alpha value is -11.6. The van der Waals surface area contributed by atoms with E-state index in [0.29, 0.717) is 54.4 Å². The third-order valence-electron chi connectivity index (χ3n) is 16.9. The van der Waals surface area contributed by atoms with Crippen molar-refractivity contribution in [3.8, 4) is 24.3 Å². The lowest BCUT2D eigenvalue weighted by atomic mass is 10.1. The molecule has 105 heavy (non-hydrogen) atoms. The lowest BCUT2D eigenvalue weighted by Gasteiger charge is -2.32. The third-order valence-corrected chi connectivity index (χ3v) is 21.3. The molecule has 0 amide bonds. The van der Waals surface area contributed by atoms with E-state index in [1.165, 1.54) is 55.0 Å². The summed E-state index contributed by atoms with van der Waals surface area (Å²) < 4.78 is 6.34. The number of anilines is 4. The Kier molecular flexibility index (Phi) is 25.8. The second kappa shape index (κ2) is 37.0. The van der Waals surface area contributed by atoms with Crippen LogP contribution in [-0.2, 0) is 20.0 Å². The molecule has 2 aliphatic rings. The highest BCUT2D eigenvalue weighted by atomic mass is 32.1. The number of aromatic nitrogens is 12. The fourth-order valence-electron chi connectivity index (χ4n) is 11.5. The predicted octanol–water partition coefficient (Wildman–Crippen LogP) is 13.9. The first kappa shape index (κ1) is 73.2. The van der Waals surface area contributed by atoms with Crippen molar-refractivity contribution in [1.29, 1.82) is 21.0 Å². The number of thiazole rings is 4. The molecule has 4 unspecified atom stereocenters. The van der Waals surface area contributed by atoms with Gasteiger partial charge < -0.3 is 35.6 Å². The SMILES string of the molecule is CN(C)CCCN=C1NC=CC(CC#N)N1c1nc2ccccc2s1.Cn1cncc1CCNc1nccc(C(C#N)c2nc3ccccc3s2)n1.N#CC(c1ccnc(NCCN2CCCCC2)n1)c1nc2ccccc2s1.N#CC(c1ccnc(NCc2ccccc2)n1)c1nc2ccccc2s1. The minimum Gasteiger partial charge on any atom is -0.354 e. The van der Waals surface area contributed by atoms with E-state index in [0.717, 1.165) is 117 Å². The van der Waals surface area contributed by atoms with Crippen LogP contribution < -0.4 is 26.2 Å². The summed E-state index contributed by atoms with van der Waals surface area (Å²) in [7, 11) is 6.09. The Bertz CT molecular complexity index is 5090. The van der Waals surface area contributed by atoms with E-state index in [-0.39, 0.29) is 6.04 Å². The van der Waals surface area contributed by atoms with Gasteiger partial charge in [-0.05, 0) is 131 Å². The summed E-state index contributed by atoms with van der Waals surface area (Å²) in [6.45, 7) is 7.19. The Morgan fingerprint density at radius 2 is 1.06 bits per heavy atom. The molecule has 0 aliphatic carbocycles. The van der Waals surface area contributed by atoms with Crippen LogP contribution in [0.15, 0.2) is 194 Å². The van der Waals surface area contributed by atoms with Gasteiger partial charge >= 0.3 is 0 Å². The fraction of sp³-hybridized carbons (Fsp3) is 0.273. The average Bonchev–Trinajstić information content (AvgIpc) is 1.76. The second-order valence-electron chi connectivity index (χ2n) is 24.6. The smallest absolute Gasteiger partial charge is 0.223 e. The molecular weight excluding hydrogens is 1390 g/mol. The molecule has 0 spiro atoms. The molecular formula is C77H76N24S4. The highest BCUT2D eigenvalue weighted by molar-refractivity contribution is 7.22. The number of nitrogens with zero attached hydrogens (tertiary/aromatic N) is 20. The number of piperidine rings is 1. The van der Waals surface area contributed by atoms with Gasteiger partial charge in [-0.25, -0.2) is 54.8 Å². The van der Waals surface area contributed by atoms with Crippen LogP contribution in [-0.4, -0.2) is 141 Å². The molecule has 13 aromatic rings. The van der Waals surface area contributed by atoms with E-state index < -0.39 is 17.8 Å². The molecule has 528 valence electrons. The van der Waals surface area contributed by atoms with Gasteiger partial charge in [0.1, 0.15) is 32.8 Å². The number of imidazole rings is 1. The maximum atomic E-state index is 9.72. The van der Waals surface area contributed by atoms with Crippen molar-refractivity contribution in [3.63, 3.8) is 0 Å². The number of rotatable bonds is 23. The van der Waals surface area contributed by atoms with Crippen molar-refractivity contribution >= 4 is 115 Å². The lowest BCUT2D eigenvalue weighted by molar-refractivity contribution is 0.237. The first-order chi connectivity index (χ1) is 51.6. The number of benzene rings is 5. The first-order valence-electron chi connectivity index (χ1n) is 34.4. The highest BCUT2D eigenvalue weighted by Crippen LogP contribution is 2.35. The molecule has 1 saturated heterocycles. The maximum absolute atomic E-state index is 9.72. The van der Waals surface area contributed by atoms with E-state index >= 15 is 0 Å². The maximum Gasteiger partial charge on any atom is 0.223 e. The van der Waals surface area contributed by atoms with Gasteiger partial charge in [-0.1, -0.05) is 96.6 Å². The molecule has 28 heteroatoms. The number of para-hydroxylation sites is 4. The lowest BCUT2D eigenvalue weighted by Crippen LogP contribution is -2.48. The molecule has 15 rings (SSSR count). The zero-order valence-electron chi connectivity index (χ0n) is 58.2. The second-order valence-corrected chi connectivity index (χ2v) is 28.8. The predicted molar refractivity (Wildman–Crippen MR) is 419 cm³/mol. The zero-order valence-corrected chi connectivity index (χ0v) is 61.5. The van der Waals surface area contributed by atoms with Gasteiger partial charge in [-0.15, -0.1) is 34.0 Å². The van der Waals surface area contributed by atoms with E-state index in [1.807, 2.05) is 156 Å². The standard InChI is InChI=1S/C20H22N6S.C20H15N5S.C19H17N7S.C18H22N6S/c21-14-15(19-24-17-6-2-3-7-18(17)27-19)16-8-9-22-20(25-16)23-10-13-26-11-4-1-5-12-26;21-12-15(19-24-17-8-4-5-9-18(17)26-19)16-10-11-22-20(25-16)23-13-14-6-2-1-3-7-14;1-26-12-21-11-13(26)6-8-22-19-23-9-7-15(25-19)14(10-20)18-24-16-4-2-3-5-17(16)27-18;1-23(2)13-5-11-20-17-21-12-9-14(8-10-19)24(17)18-22-15-6-3-4-7-16(15)25-18/h2-3,6-9,15H,1,4-5,10-13H2,(H,22,23,25);1-11,15H,13H2,(H,22,23,25);2-5,7,9,11-12,14H,6,8H2,1H3,(H,22,23,25);3-4,6-7,9,12,14H,5,8,11,13H2,1-2H3,(H,20,21). The molecule has 4 N–H and O–H groups in total. The monoisotopic (exact) mass is 1460 g/mol. The normalized spacial score (nSPS) is 14.6. The van der Waals surface area contributed by atoms with Crippen LogP contribution in [0.4, 0.5) is 23.0 Å². The largest absolute Gasteiger partial charge is 0.354 e. The Morgan fingerprint density at radius 1 is 0.571 bits per heavy atom. The van der Waals surface area contributed by atoms with Crippen molar-refractivity contribution < 1.29 is 0 Å². The van der Waals surface area contributed by atoms with Crippen molar-refractivity contribution in [2.75, 3.05) is 80.8 Å². The van der Waals surface area contributed by atoms with E-state index in [1.54, 1.807) is 65.8 Å². The van der Waals surface area contributed by atoms with E-state index in [9.17, 15) is 21.0 Å². The average molecular weight is 1470 g/mol. The van der Waals surface area contributed by atoms with Gasteiger partial charge in [0.2, 0.25) is 23.8 Å². The zero-order chi connectivity index (χ0) is 72.5. The highest BCUT2D eigenvalue weighted by Gasteiger charge is 2.28. The van der Waals surface area contributed by atoms with Crippen molar-refractivity contribution in [2.45, 2.75) is 68.9 Å². The summed E-state index contributed by atoms with van der Waals surface area (Å²) in [5, 5.41) is 54.4. The molecule has 24 nitrogen and oxygen atoms in total. The number of guanidine groups is 1. The minimum absolute atomic E-state index is 0.0561. The van der Waals surface area contributed by atoms with Crippen molar-refractivity contribution in [3.05, 3.63) is 232 Å². The van der Waals surface area contributed by atoms with Crippen LogP contribution in [0.3, 0.4) is 0 Å². The minimum atomic E-state index is -0.511. The quantitative estimate of drug-likeness (QED) is 0.0432. The third kappa shape index (κ3) is 19.8. The molecule has 5 aromatic carbocycles. The van der Waals surface area contributed by atoms with E-state index in [4.69, 9.17) is 9.98 Å².